The summed E-state index contributed by atoms with van der Waals surface area (Å²) in [5.74, 6) is 1.10. The van der Waals surface area contributed by atoms with Gasteiger partial charge in [0.2, 0.25) is 0 Å². The van der Waals surface area contributed by atoms with E-state index >= 15 is 0 Å². The maximum absolute atomic E-state index is 13.4. The molecule has 0 fully saturated rings. The molecule has 0 saturated heterocycles. The Morgan fingerprint density at radius 1 is 0.893 bits per heavy atom. The fraction of sp³-hybridized carbons (Fsp3) is 0.174. The second-order valence-corrected chi connectivity index (χ2v) is 6.57. The molecule has 4 rings (SSSR count). The number of methoxy groups -OCH3 is 2. The highest BCUT2D eigenvalue weighted by molar-refractivity contribution is 6.03. The molecule has 5 heteroatoms. The zero-order valence-electron chi connectivity index (χ0n) is 15.8. The van der Waals surface area contributed by atoms with Crippen LogP contribution in [0.1, 0.15) is 23.6 Å². The molecular formula is C23H21FN2O2. The zero-order valence-corrected chi connectivity index (χ0v) is 15.8. The van der Waals surface area contributed by atoms with Gasteiger partial charge in [-0.15, -0.1) is 0 Å². The molecule has 4 nitrogen and oxygen atoms in total. The predicted molar refractivity (Wildman–Crippen MR) is 109 cm³/mol. The highest BCUT2D eigenvalue weighted by atomic mass is 19.1. The number of rotatable bonds is 5. The number of benzene rings is 3. The van der Waals surface area contributed by atoms with E-state index in [1.54, 1.807) is 14.2 Å². The average Bonchev–Trinajstić information content (AvgIpc) is 3.20. The largest absolute Gasteiger partial charge is 0.493 e. The average molecular weight is 376 g/mol. The third-order valence-corrected chi connectivity index (χ3v) is 4.90. The highest BCUT2D eigenvalue weighted by Gasteiger charge is 2.30. The van der Waals surface area contributed by atoms with Crippen LogP contribution < -0.4 is 14.5 Å². The summed E-state index contributed by atoms with van der Waals surface area (Å²) in [5.41, 5.74) is 3.93. The molecular weight excluding hydrogens is 355 g/mol. The van der Waals surface area contributed by atoms with Crippen molar-refractivity contribution in [2.75, 3.05) is 19.2 Å². The molecule has 0 radical (unpaired) electrons. The van der Waals surface area contributed by atoms with Crippen molar-refractivity contribution in [1.29, 1.82) is 0 Å². The monoisotopic (exact) mass is 376 g/mol. The van der Waals surface area contributed by atoms with E-state index in [0.717, 1.165) is 22.5 Å². The summed E-state index contributed by atoms with van der Waals surface area (Å²) in [7, 11) is 3.24. The Kier molecular flexibility index (Phi) is 4.98. The highest BCUT2D eigenvalue weighted by Crippen LogP contribution is 2.38. The molecule has 0 aromatic heterocycles. The Morgan fingerprint density at radius 2 is 1.61 bits per heavy atom. The Hall–Kier alpha value is -3.34. The third-order valence-electron chi connectivity index (χ3n) is 4.90. The van der Waals surface area contributed by atoms with Gasteiger partial charge >= 0.3 is 0 Å². The van der Waals surface area contributed by atoms with Gasteiger partial charge in [0.15, 0.2) is 11.5 Å². The molecule has 1 heterocycles. The van der Waals surface area contributed by atoms with Crippen LogP contribution in [0.3, 0.4) is 0 Å². The summed E-state index contributed by atoms with van der Waals surface area (Å²) in [4.78, 5) is 0. The first kappa shape index (κ1) is 18.0. The van der Waals surface area contributed by atoms with Crippen molar-refractivity contribution in [2.24, 2.45) is 5.10 Å². The van der Waals surface area contributed by atoms with E-state index < -0.39 is 0 Å². The number of halogens is 1. The Labute approximate surface area is 163 Å². The van der Waals surface area contributed by atoms with Crippen molar-refractivity contribution >= 4 is 11.4 Å². The molecule has 0 aliphatic carbocycles. The summed E-state index contributed by atoms with van der Waals surface area (Å²) in [6, 6.07) is 22.4. The first-order valence-electron chi connectivity index (χ1n) is 9.09. The van der Waals surface area contributed by atoms with Gasteiger partial charge in [0.05, 0.1) is 31.7 Å². The molecule has 0 N–H and O–H groups in total. The Balaban J connectivity index is 1.74. The molecule has 1 unspecified atom stereocenters. The molecule has 0 spiro atoms. The summed E-state index contributed by atoms with van der Waals surface area (Å²) >= 11 is 0. The van der Waals surface area contributed by atoms with E-state index in [2.05, 4.69) is 0 Å². The number of anilines is 1. The lowest BCUT2D eigenvalue weighted by atomic mass is 9.98. The van der Waals surface area contributed by atoms with Crippen LogP contribution in [0.4, 0.5) is 10.1 Å². The van der Waals surface area contributed by atoms with Gasteiger partial charge < -0.3 is 9.47 Å². The fourth-order valence-electron chi connectivity index (χ4n) is 3.46. The third kappa shape index (κ3) is 3.43. The Morgan fingerprint density at radius 3 is 2.29 bits per heavy atom. The number of hydrogen-bond donors (Lipinski definition) is 0. The van der Waals surface area contributed by atoms with Crippen molar-refractivity contribution in [3.05, 3.63) is 89.7 Å². The van der Waals surface area contributed by atoms with Crippen LogP contribution in [0, 0.1) is 5.82 Å². The van der Waals surface area contributed by atoms with Crippen LogP contribution in [-0.4, -0.2) is 19.9 Å². The minimum Gasteiger partial charge on any atom is -0.493 e. The van der Waals surface area contributed by atoms with E-state index in [9.17, 15) is 4.39 Å². The number of para-hydroxylation sites is 1. The van der Waals surface area contributed by atoms with Crippen LogP contribution in [0.5, 0.6) is 11.5 Å². The van der Waals surface area contributed by atoms with Gasteiger partial charge in [0.1, 0.15) is 5.82 Å². The molecule has 1 aliphatic heterocycles. The molecule has 0 saturated carbocycles. The minimum absolute atomic E-state index is 0.00824. The zero-order chi connectivity index (χ0) is 19.5. The molecule has 0 amide bonds. The fourth-order valence-corrected chi connectivity index (χ4v) is 3.46. The maximum Gasteiger partial charge on any atom is 0.161 e. The van der Waals surface area contributed by atoms with Crippen LogP contribution in [0.15, 0.2) is 77.9 Å². The Bertz CT molecular complexity index is 987. The van der Waals surface area contributed by atoms with E-state index in [1.807, 2.05) is 65.7 Å². The van der Waals surface area contributed by atoms with Gasteiger partial charge in [-0.2, -0.15) is 5.10 Å². The van der Waals surface area contributed by atoms with E-state index in [1.165, 1.54) is 12.1 Å². The van der Waals surface area contributed by atoms with Crippen LogP contribution in [0.25, 0.3) is 0 Å². The second-order valence-electron chi connectivity index (χ2n) is 6.57. The van der Waals surface area contributed by atoms with E-state index in [4.69, 9.17) is 14.6 Å². The van der Waals surface area contributed by atoms with Crippen molar-refractivity contribution < 1.29 is 13.9 Å². The summed E-state index contributed by atoms with van der Waals surface area (Å²) < 4.78 is 24.2. The first-order chi connectivity index (χ1) is 13.7. The van der Waals surface area contributed by atoms with Gasteiger partial charge in [0.25, 0.3) is 0 Å². The van der Waals surface area contributed by atoms with Crippen molar-refractivity contribution in [3.63, 3.8) is 0 Å². The van der Waals surface area contributed by atoms with Crippen molar-refractivity contribution in [3.8, 4) is 11.5 Å². The lowest BCUT2D eigenvalue weighted by Crippen LogP contribution is -2.18. The van der Waals surface area contributed by atoms with Crippen LogP contribution >= 0.6 is 0 Å². The van der Waals surface area contributed by atoms with Crippen molar-refractivity contribution in [1.82, 2.24) is 0 Å². The van der Waals surface area contributed by atoms with E-state index in [0.29, 0.717) is 17.9 Å². The smallest absolute Gasteiger partial charge is 0.161 e. The molecule has 1 aliphatic rings. The molecule has 1 atom stereocenters. The summed E-state index contributed by atoms with van der Waals surface area (Å²) in [5, 5.41) is 6.90. The van der Waals surface area contributed by atoms with Gasteiger partial charge in [-0.1, -0.05) is 30.3 Å². The summed E-state index contributed by atoms with van der Waals surface area (Å²) in [6.45, 7) is 0. The number of hydrazone groups is 1. The summed E-state index contributed by atoms with van der Waals surface area (Å²) in [6.07, 6.45) is 0.704. The van der Waals surface area contributed by atoms with E-state index in [-0.39, 0.29) is 11.9 Å². The quantitative estimate of drug-likeness (QED) is 0.614. The van der Waals surface area contributed by atoms with Crippen LogP contribution in [0.2, 0.25) is 0 Å². The number of nitrogens with zero attached hydrogens (tertiary/aromatic N) is 2. The van der Waals surface area contributed by atoms with Gasteiger partial charge in [-0.25, -0.2) is 4.39 Å². The normalized spacial score (nSPS) is 16.0. The molecule has 28 heavy (non-hydrogen) atoms. The topological polar surface area (TPSA) is 34.1 Å². The number of ether oxygens (including phenoxy) is 2. The molecule has 3 aromatic rings. The SMILES string of the molecule is COc1ccc(C2=NN(c3ccccc3)C(c3ccc(F)cc3)C2)cc1OC. The van der Waals surface area contributed by atoms with Gasteiger partial charge in [-0.05, 0) is 48.0 Å². The predicted octanol–water partition coefficient (Wildman–Crippen LogP) is 5.20. The minimum atomic E-state index is -0.242. The lowest BCUT2D eigenvalue weighted by molar-refractivity contribution is 0.355. The number of hydrogen-bond acceptors (Lipinski definition) is 4. The van der Waals surface area contributed by atoms with Gasteiger partial charge in [0, 0.05) is 12.0 Å². The van der Waals surface area contributed by atoms with Gasteiger partial charge in [-0.3, -0.25) is 5.01 Å². The second kappa shape index (κ2) is 7.72. The lowest BCUT2D eigenvalue weighted by Gasteiger charge is -2.23. The molecule has 0 bridgehead atoms. The first-order valence-corrected chi connectivity index (χ1v) is 9.09. The van der Waals surface area contributed by atoms with Crippen molar-refractivity contribution in [2.45, 2.75) is 12.5 Å². The molecule has 142 valence electrons. The standard InChI is InChI=1S/C23H21FN2O2/c1-27-22-13-10-17(14-23(22)28-2)20-15-21(16-8-11-18(24)12-9-16)26(25-20)19-6-4-3-5-7-19/h3-14,21H,15H2,1-2H3. The maximum atomic E-state index is 13.4. The molecule has 3 aromatic carbocycles. The van der Waals surface area contributed by atoms with Crippen LogP contribution in [-0.2, 0) is 0 Å².